The lowest BCUT2D eigenvalue weighted by Crippen LogP contribution is -2.43. The zero-order valence-electron chi connectivity index (χ0n) is 20.1. The standard InChI is InChI=1S/C28H36N2O3/c1-4-15-29-27(31)20(3)33-24-13-12-21-14-16-30(28(32)22-9-5-6-10-22)26(25(21)18-24)23-11-7-8-19(2)17-23/h7-8,11-13,17-18,20,22,26H,4-6,9-10,14-16H2,1-3H3,(H,29,31). The maximum Gasteiger partial charge on any atom is 0.260 e. The highest BCUT2D eigenvalue weighted by Gasteiger charge is 2.36. The van der Waals surface area contributed by atoms with Crippen LogP contribution in [-0.2, 0) is 16.0 Å². The van der Waals surface area contributed by atoms with Crippen molar-refractivity contribution in [1.29, 1.82) is 0 Å². The van der Waals surface area contributed by atoms with Gasteiger partial charge in [-0.25, -0.2) is 0 Å². The Bertz CT molecular complexity index is 996. The van der Waals surface area contributed by atoms with Crippen molar-refractivity contribution >= 4 is 11.8 Å². The Hall–Kier alpha value is -2.82. The van der Waals surface area contributed by atoms with Gasteiger partial charge in [0.15, 0.2) is 6.10 Å². The minimum atomic E-state index is -0.577. The third-order valence-electron chi connectivity index (χ3n) is 6.92. The molecular formula is C28H36N2O3. The second-order valence-electron chi connectivity index (χ2n) is 9.49. The first-order valence-electron chi connectivity index (χ1n) is 12.4. The molecule has 5 heteroatoms. The van der Waals surface area contributed by atoms with Gasteiger partial charge >= 0.3 is 0 Å². The summed E-state index contributed by atoms with van der Waals surface area (Å²) in [5.41, 5.74) is 4.67. The molecule has 2 aromatic carbocycles. The third-order valence-corrected chi connectivity index (χ3v) is 6.92. The van der Waals surface area contributed by atoms with Gasteiger partial charge in [0.2, 0.25) is 5.91 Å². The van der Waals surface area contributed by atoms with E-state index in [1.54, 1.807) is 6.92 Å². The second kappa shape index (κ2) is 10.4. The first-order valence-corrected chi connectivity index (χ1v) is 12.4. The summed E-state index contributed by atoms with van der Waals surface area (Å²) in [6.07, 6.45) is 5.43. The highest BCUT2D eigenvalue weighted by Crippen LogP contribution is 2.40. The number of rotatable bonds is 7. The highest BCUT2D eigenvalue weighted by molar-refractivity contribution is 5.81. The summed E-state index contributed by atoms with van der Waals surface area (Å²) in [4.78, 5) is 28.0. The van der Waals surface area contributed by atoms with Crippen LogP contribution in [0.15, 0.2) is 42.5 Å². The molecule has 5 nitrogen and oxygen atoms in total. The van der Waals surface area contributed by atoms with Crippen LogP contribution in [0.1, 0.15) is 74.2 Å². The van der Waals surface area contributed by atoms with Crippen molar-refractivity contribution in [1.82, 2.24) is 10.2 Å². The number of nitrogens with one attached hydrogen (secondary N) is 1. The smallest absolute Gasteiger partial charge is 0.260 e. The number of hydrogen-bond acceptors (Lipinski definition) is 3. The van der Waals surface area contributed by atoms with Crippen LogP contribution in [0.2, 0.25) is 0 Å². The van der Waals surface area contributed by atoms with Crippen molar-refractivity contribution in [2.45, 2.75) is 71.4 Å². The fraction of sp³-hybridized carbons (Fsp3) is 0.500. The molecular weight excluding hydrogens is 412 g/mol. The minimum Gasteiger partial charge on any atom is -0.481 e. The molecule has 33 heavy (non-hydrogen) atoms. The zero-order valence-corrected chi connectivity index (χ0v) is 20.1. The number of ether oxygens (including phenoxy) is 1. The topological polar surface area (TPSA) is 58.6 Å². The van der Waals surface area contributed by atoms with Crippen molar-refractivity contribution in [2.24, 2.45) is 5.92 Å². The maximum atomic E-state index is 13.6. The lowest BCUT2D eigenvalue weighted by atomic mass is 9.86. The van der Waals surface area contributed by atoms with Crippen molar-refractivity contribution in [3.05, 3.63) is 64.7 Å². The fourth-order valence-corrected chi connectivity index (χ4v) is 5.16. The SMILES string of the molecule is CCCNC(=O)C(C)Oc1ccc2c(c1)C(c1cccc(C)c1)N(C(=O)C1CCCC1)CC2. The summed E-state index contributed by atoms with van der Waals surface area (Å²) in [5.74, 6) is 0.979. The van der Waals surface area contributed by atoms with E-state index in [9.17, 15) is 9.59 Å². The lowest BCUT2D eigenvalue weighted by molar-refractivity contribution is -0.137. The van der Waals surface area contributed by atoms with E-state index in [0.717, 1.165) is 56.2 Å². The molecule has 2 aromatic rings. The maximum absolute atomic E-state index is 13.6. The fourth-order valence-electron chi connectivity index (χ4n) is 5.16. The molecule has 1 N–H and O–H groups in total. The number of benzene rings is 2. The van der Waals surface area contributed by atoms with E-state index >= 15 is 0 Å². The summed E-state index contributed by atoms with van der Waals surface area (Å²) < 4.78 is 6.03. The summed E-state index contributed by atoms with van der Waals surface area (Å²) in [6, 6.07) is 14.4. The molecule has 2 amide bonds. The van der Waals surface area contributed by atoms with E-state index in [4.69, 9.17) is 4.74 Å². The molecule has 1 aliphatic heterocycles. The van der Waals surface area contributed by atoms with Gasteiger partial charge in [0.1, 0.15) is 5.75 Å². The van der Waals surface area contributed by atoms with Crippen molar-refractivity contribution in [2.75, 3.05) is 13.1 Å². The predicted molar refractivity (Wildman–Crippen MR) is 130 cm³/mol. The molecule has 0 bridgehead atoms. The normalized spacial score (nSPS) is 19.1. The Morgan fingerprint density at radius 1 is 1.15 bits per heavy atom. The van der Waals surface area contributed by atoms with E-state index < -0.39 is 6.10 Å². The van der Waals surface area contributed by atoms with Gasteiger partial charge in [0.05, 0.1) is 6.04 Å². The average molecular weight is 449 g/mol. The molecule has 1 fully saturated rings. The molecule has 1 saturated carbocycles. The molecule has 4 rings (SSSR count). The Morgan fingerprint density at radius 3 is 2.67 bits per heavy atom. The third kappa shape index (κ3) is 5.23. The molecule has 0 aromatic heterocycles. The number of amides is 2. The largest absolute Gasteiger partial charge is 0.481 e. The average Bonchev–Trinajstić information content (AvgIpc) is 3.36. The zero-order chi connectivity index (χ0) is 23.4. The van der Waals surface area contributed by atoms with Crippen LogP contribution in [0, 0.1) is 12.8 Å². The number of nitrogens with zero attached hydrogens (tertiary/aromatic N) is 1. The summed E-state index contributed by atoms with van der Waals surface area (Å²) >= 11 is 0. The van der Waals surface area contributed by atoms with Crippen molar-refractivity contribution in [3.63, 3.8) is 0 Å². The molecule has 2 aliphatic rings. The van der Waals surface area contributed by atoms with E-state index in [2.05, 4.69) is 47.5 Å². The van der Waals surface area contributed by atoms with Gasteiger partial charge in [-0.15, -0.1) is 0 Å². The first kappa shape index (κ1) is 23.3. The molecule has 176 valence electrons. The Kier molecular flexibility index (Phi) is 7.36. The lowest BCUT2D eigenvalue weighted by Gasteiger charge is -2.39. The van der Waals surface area contributed by atoms with Gasteiger partial charge in [0.25, 0.3) is 5.91 Å². The number of carbonyl (C=O) groups excluding carboxylic acids is 2. The Labute approximate surface area is 197 Å². The van der Waals surface area contributed by atoms with E-state index in [1.807, 2.05) is 19.1 Å². The number of aryl methyl sites for hydroxylation is 1. The number of fused-ring (bicyclic) bond motifs is 1. The van der Waals surface area contributed by atoms with Gasteiger partial charge in [-0.2, -0.15) is 0 Å². The quantitative estimate of drug-likeness (QED) is 0.652. The minimum absolute atomic E-state index is 0.108. The summed E-state index contributed by atoms with van der Waals surface area (Å²) in [5, 5.41) is 2.89. The van der Waals surface area contributed by atoms with Gasteiger partial charge in [-0.3, -0.25) is 9.59 Å². The second-order valence-corrected chi connectivity index (χ2v) is 9.49. The summed E-state index contributed by atoms with van der Waals surface area (Å²) in [7, 11) is 0. The van der Waals surface area contributed by atoms with Crippen LogP contribution >= 0.6 is 0 Å². The van der Waals surface area contributed by atoms with Gasteiger partial charge in [-0.05, 0) is 68.4 Å². The van der Waals surface area contributed by atoms with Crippen LogP contribution < -0.4 is 10.1 Å². The number of carbonyl (C=O) groups is 2. The van der Waals surface area contributed by atoms with E-state index in [0.29, 0.717) is 12.3 Å². The molecule has 2 atom stereocenters. The predicted octanol–water partition coefficient (Wildman–Crippen LogP) is 4.95. The van der Waals surface area contributed by atoms with Crippen LogP contribution in [-0.4, -0.2) is 35.9 Å². The monoisotopic (exact) mass is 448 g/mol. The van der Waals surface area contributed by atoms with Crippen LogP contribution in [0.4, 0.5) is 0 Å². The summed E-state index contributed by atoms with van der Waals surface area (Å²) in [6.45, 7) is 7.27. The Balaban J connectivity index is 1.66. The number of hydrogen-bond donors (Lipinski definition) is 1. The van der Waals surface area contributed by atoms with Gasteiger partial charge in [-0.1, -0.05) is 55.7 Å². The van der Waals surface area contributed by atoms with Crippen LogP contribution in [0.3, 0.4) is 0 Å². The van der Waals surface area contributed by atoms with E-state index in [1.165, 1.54) is 11.1 Å². The van der Waals surface area contributed by atoms with Gasteiger partial charge in [0, 0.05) is 19.0 Å². The molecule has 1 heterocycles. The van der Waals surface area contributed by atoms with E-state index in [-0.39, 0.29) is 23.8 Å². The van der Waals surface area contributed by atoms with Crippen LogP contribution in [0.5, 0.6) is 5.75 Å². The first-order chi connectivity index (χ1) is 16.0. The molecule has 2 unspecified atom stereocenters. The molecule has 1 aliphatic carbocycles. The molecule has 0 spiro atoms. The highest BCUT2D eigenvalue weighted by atomic mass is 16.5. The molecule has 0 saturated heterocycles. The van der Waals surface area contributed by atoms with Crippen molar-refractivity contribution < 1.29 is 14.3 Å². The van der Waals surface area contributed by atoms with Crippen LogP contribution in [0.25, 0.3) is 0 Å². The Morgan fingerprint density at radius 2 is 1.94 bits per heavy atom. The van der Waals surface area contributed by atoms with Crippen molar-refractivity contribution in [3.8, 4) is 5.75 Å². The molecule has 0 radical (unpaired) electrons. The van der Waals surface area contributed by atoms with Gasteiger partial charge < -0.3 is 15.0 Å².